The fraction of sp³-hybridized carbons (Fsp3) is 0.379. The van der Waals surface area contributed by atoms with Gasteiger partial charge in [-0.25, -0.2) is 4.98 Å². The molecule has 5 heteroatoms. The molecule has 34 heavy (non-hydrogen) atoms. The van der Waals surface area contributed by atoms with Gasteiger partial charge < -0.3 is 16.0 Å². The van der Waals surface area contributed by atoms with E-state index in [-0.39, 0.29) is 5.54 Å². The number of aromatic amines is 1. The zero-order chi connectivity index (χ0) is 24.1. The molecule has 1 aliphatic rings. The molecule has 3 aromatic rings. The Morgan fingerprint density at radius 3 is 2.76 bits per heavy atom. The number of hydrogen-bond acceptors (Lipinski definition) is 4. The van der Waals surface area contributed by atoms with Crippen LogP contribution in [-0.2, 0) is 0 Å². The smallest absolute Gasteiger partial charge is 0.0932 e. The van der Waals surface area contributed by atoms with E-state index in [2.05, 4.69) is 96.5 Å². The molecule has 0 saturated heterocycles. The summed E-state index contributed by atoms with van der Waals surface area (Å²) in [6.07, 6.45) is 17.5. The van der Waals surface area contributed by atoms with Crippen LogP contribution in [0.4, 0.5) is 0 Å². The van der Waals surface area contributed by atoms with Crippen LogP contribution >= 0.6 is 0 Å². The third-order valence-electron chi connectivity index (χ3n) is 6.83. The Morgan fingerprint density at radius 1 is 1.24 bits per heavy atom. The van der Waals surface area contributed by atoms with Gasteiger partial charge in [-0.2, -0.15) is 0 Å². The van der Waals surface area contributed by atoms with E-state index in [1.807, 2.05) is 6.20 Å². The number of benzene rings is 1. The Labute approximate surface area is 203 Å². The average molecular weight is 456 g/mol. The van der Waals surface area contributed by atoms with Crippen LogP contribution in [-0.4, -0.2) is 26.5 Å². The van der Waals surface area contributed by atoms with Gasteiger partial charge in [0.15, 0.2) is 0 Å². The highest BCUT2D eigenvalue weighted by atomic mass is 14.9. The van der Waals surface area contributed by atoms with Gasteiger partial charge in [0.2, 0.25) is 0 Å². The maximum atomic E-state index is 6.35. The van der Waals surface area contributed by atoms with Crippen LogP contribution < -0.4 is 11.1 Å². The van der Waals surface area contributed by atoms with Crippen LogP contribution in [0.15, 0.2) is 61.1 Å². The van der Waals surface area contributed by atoms with E-state index in [1.54, 1.807) is 6.33 Å². The maximum absolute atomic E-state index is 6.35. The molecule has 2 heterocycles. The molecular weight excluding hydrogens is 418 g/mol. The fourth-order valence-corrected chi connectivity index (χ4v) is 4.74. The van der Waals surface area contributed by atoms with Crippen LogP contribution in [0.1, 0.15) is 71.1 Å². The van der Waals surface area contributed by atoms with E-state index in [0.717, 1.165) is 71.2 Å². The molecule has 0 atom stereocenters. The molecule has 178 valence electrons. The number of nitrogens with zero attached hydrogens (tertiary/aromatic N) is 2. The lowest BCUT2D eigenvalue weighted by Gasteiger charge is -2.35. The second kappa shape index (κ2) is 10.4. The number of aromatic nitrogens is 3. The number of H-pyrrole nitrogens is 1. The molecule has 0 aliphatic heterocycles. The Kier molecular flexibility index (Phi) is 7.32. The van der Waals surface area contributed by atoms with Crippen molar-refractivity contribution in [2.45, 2.75) is 71.4 Å². The molecule has 1 saturated carbocycles. The normalized spacial score (nSPS) is 22.0. The summed E-state index contributed by atoms with van der Waals surface area (Å²) in [6, 6.07) is 9.00. The molecule has 0 amide bonds. The summed E-state index contributed by atoms with van der Waals surface area (Å²) in [5.41, 5.74) is 13.9. The van der Waals surface area contributed by atoms with Gasteiger partial charge in [0.05, 0.1) is 23.2 Å². The van der Waals surface area contributed by atoms with Gasteiger partial charge in [-0.3, -0.25) is 4.98 Å². The fourth-order valence-electron chi connectivity index (χ4n) is 4.74. The van der Waals surface area contributed by atoms with Crippen LogP contribution in [0.25, 0.3) is 33.4 Å². The molecule has 4 rings (SSSR count). The molecule has 0 spiro atoms. The third kappa shape index (κ3) is 5.31. The van der Waals surface area contributed by atoms with E-state index in [0.29, 0.717) is 6.04 Å². The number of nitrogens with two attached hydrogens (primary N) is 1. The SMILES string of the molecule is C/C=C(\NC1CCC(C)(N)CC1)c1ccnc2ccc(-c3[nH]cnc3/C(C)=C/C=C\CC)cc12. The number of pyridine rings is 1. The number of fused-ring (bicyclic) bond motifs is 1. The predicted octanol–water partition coefficient (Wildman–Crippen LogP) is 6.60. The first-order chi connectivity index (χ1) is 16.4. The topological polar surface area (TPSA) is 79.6 Å². The lowest BCUT2D eigenvalue weighted by Crippen LogP contribution is -2.44. The van der Waals surface area contributed by atoms with Crippen molar-refractivity contribution in [3.05, 3.63) is 72.4 Å². The summed E-state index contributed by atoms with van der Waals surface area (Å²) in [6.45, 7) is 8.50. The van der Waals surface area contributed by atoms with Crippen LogP contribution in [0, 0.1) is 0 Å². The van der Waals surface area contributed by atoms with Crippen molar-refractivity contribution in [1.82, 2.24) is 20.3 Å². The molecule has 0 radical (unpaired) electrons. The van der Waals surface area contributed by atoms with Crippen LogP contribution in [0.5, 0.6) is 0 Å². The summed E-state index contributed by atoms with van der Waals surface area (Å²) < 4.78 is 0. The number of imidazole rings is 1. The Hall–Kier alpha value is -3.18. The number of hydrogen-bond donors (Lipinski definition) is 3. The third-order valence-corrected chi connectivity index (χ3v) is 6.83. The first kappa shape index (κ1) is 24.0. The van der Waals surface area contributed by atoms with Gasteiger partial charge in [0.25, 0.3) is 0 Å². The van der Waals surface area contributed by atoms with Gasteiger partial charge in [-0.05, 0) is 76.6 Å². The quantitative estimate of drug-likeness (QED) is 0.350. The molecule has 2 aromatic heterocycles. The van der Waals surface area contributed by atoms with Crippen molar-refractivity contribution in [2.24, 2.45) is 5.73 Å². The lowest BCUT2D eigenvalue weighted by atomic mass is 9.81. The zero-order valence-corrected chi connectivity index (χ0v) is 20.9. The second-order valence-corrected chi connectivity index (χ2v) is 9.68. The minimum absolute atomic E-state index is 0.0345. The van der Waals surface area contributed by atoms with Crippen LogP contribution in [0.3, 0.4) is 0 Å². The molecule has 5 nitrogen and oxygen atoms in total. The zero-order valence-electron chi connectivity index (χ0n) is 20.9. The maximum Gasteiger partial charge on any atom is 0.0932 e. The Morgan fingerprint density at radius 2 is 2.03 bits per heavy atom. The van der Waals surface area contributed by atoms with E-state index in [1.165, 1.54) is 5.56 Å². The summed E-state index contributed by atoms with van der Waals surface area (Å²) in [4.78, 5) is 12.6. The highest BCUT2D eigenvalue weighted by molar-refractivity contribution is 5.94. The minimum Gasteiger partial charge on any atom is -0.382 e. The summed E-state index contributed by atoms with van der Waals surface area (Å²) >= 11 is 0. The van der Waals surface area contributed by atoms with Crippen molar-refractivity contribution >= 4 is 22.2 Å². The molecule has 1 aromatic carbocycles. The molecule has 1 fully saturated rings. The van der Waals surface area contributed by atoms with Crippen molar-refractivity contribution in [3.63, 3.8) is 0 Å². The predicted molar refractivity (Wildman–Crippen MR) is 144 cm³/mol. The highest BCUT2D eigenvalue weighted by Crippen LogP contribution is 2.32. The number of allylic oxidation sites excluding steroid dienone is 5. The molecule has 1 aliphatic carbocycles. The second-order valence-electron chi connectivity index (χ2n) is 9.68. The van der Waals surface area contributed by atoms with Crippen molar-refractivity contribution in [3.8, 4) is 11.3 Å². The molecular formula is C29H37N5. The van der Waals surface area contributed by atoms with Crippen LogP contribution in [0.2, 0.25) is 0 Å². The Bertz CT molecular complexity index is 1220. The van der Waals surface area contributed by atoms with Gasteiger partial charge in [0, 0.05) is 40.0 Å². The average Bonchev–Trinajstić information content (AvgIpc) is 3.33. The first-order valence-electron chi connectivity index (χ1n) is 12.4. The molecule has 4 N–H and O–H groups in total. The lowest BCUT2D eigenvalue weighted by molar-refractivity contribution is 0.282. The van der Waals surface area contributed by atoms with Gasteiger partial charge in [-0.15, -0.1) is 0 Å². The van der Waals surface area contributed by atoms with Crippen molar-refractivity contribution in [1.29, 1.82) is 0 Å². The molecule has 0 unspecified atom stereocenters. The molecule has 0 bridgehead atoms. The minimum atomic E-state index is -0.0345. The summed E-state index contributed by atoms with van der Waals surface area (Å²) in [5, 5.41) is 4.94. The van der Waals surface area contributed by atoms with Crippen molar-refractivity contribution < 1.29 is 0 Å². The number of rotatable bonds is 7. The monoisotopic (exact) mass is 455 g/mol. The van der Waals surface area contributed by atoms with Gasteiger partial charge in [-0.1, -0.05) is 37.3 Å². The van der Waals surface area contributed by atoms with Gasteiger partial charge >= 0.3 is 0 Å². The van der Waals surface area contributed by atoms with E-state index < -0.39 is 0 Å². The van der Waals surface area contributed by atoms with E-state index in [4.69, 9.17) is 5.73 Å². The summed E-state index contributed by atoms with van der Waals surface area (Å²) in [5.74, 6) is 0. The highest BCUT2D eigenvalue weighted by Gasteiger charge is 2.27. The van der Waals surface area contributed by atoms with Crippen molar-refractivity contribution in [2.75, 3.05) is 0 Å². The van der Waals surface area contributed by atoms with E-state index >= 15 is 0 Å². The number of nitrogens with one attached hydrogen (secondary N) is 2. The first-order valence-corrected chi connectivity index (χ1v) is 12.4. The Balaban J connectivity index is 1.67. The van der Waals surface area contributed by atoms with Gasteiger partial charge in [0.1, 0.15) is 0 Å². The standard InChI is InChI=1S/C29H37N5/c1-5-7-8-9-20(3)27-28(33-19-32-27)21-10-11-26-24(18-21)23(14-17-31-26)25(6-2)34-22-12-15-29(4,30)16-13-22/h6-11,14,17-19,22,34H,5,12-13,15-16,30H2,1-4H3,(H,32,33)/b8-7-,20-9+,25-6-. The summed E-state index contributed by atoms with van der Waals surface area (Å²) in [7, 11) is 0. The largest absolute Gasteiger partial charge is 0.382 e. The van der Waals surface area contributed by atoms with E-state index in [9.17, 15) is 0 Å².